The number of thiophene rings is 1. The monoisotopic (exact) mass is 396 g/mol. The number of ether oxygens (including phenoxy) is 1. The summed E-state index contributed by atoms with van der Waals surface area (Å²) in [4.78, 5) is 12.2. The van der Waals surface area contributed by atoms with Crippen molar-refractivity contribution in [3.63, 3.8) is 0 Å². The highest BCUT2D eigenvalue weighted by Crippen LogP contribution is 2.41. The normalized spacial score (nSPS) is 11.1. The fourth-order valence-corrected chi connectivity index (χ4v) is 4.58. The molecule has 2 nitrogen and oxygen atoms in total. The summed E-state index contributed by atoms with van der Waals surface area (Å²) in [5.74, 6) is -0.329. The van der Waals surface area contributed by atoms with Gasteiger partial charge in [0.05, 0.1) is 12.7 Å². The van der Waals surface area contributed by atoms with E-state index in [2.05, 4.69) is 52.3 Å². The highest BCUT2D eigenvalue weighted by molar-refractivity contribution is 9.10. The Morgan fingerprint density at radius 3 is 2.58 bits per heavy atom. The molecule has 0 aliphatic carbocycles. The standard InChI is InChI=1S/C20H13BrO2S/c1-23-20(22)17-11-12(21)9-10-13(17)15-6-4-7-16-14-5-2-3-8-18(14)24-19(15)16/h2-11H,1H3. The number of methoxy groups -OCH3 is 1. The first-order chi connectivity index (χ1) is 11.7. The molecule has 3 aromatic carbocycles. The second kappa shape index (κ2) is 6.04. The van der Waals surface area contributed by atoms with Crippen LogP contribution in [0, 0.1) is 0 Å². The quantitative estimate of drug-likeness (QED) is 0.373. The first-order valence-corrected chi connectivity index (χ1v) is 9.08. The van der Waals surface area contributed by atoms with E-state index in [9.17, 15) is 4.79 Å². The van der Waals surface area contributed by atoms with E-state index < -0.39 is 0 Å². The highest BCUT2D eigenvalue weighted by Gasteiger charge is 2.17. The summed E-state index contributed by atoms with van der Waals surface area (Å²) in [6.07, 6.45) is 0. The molecule has 1 heterocycles. The molecular weight excluding hydrogens is 384 g/mol. The molecule has 0 fully saturated rings. The number of hydrogen-bond donors (Lipinski definition) is 0. The third-order valence-corrected chi connectivity index (χ3v) is 5.79. The summed E-state index contributed by atoms with van der Waals surface area (Å²) >= 11 is 5.19. The van der Waals surface area contributed by atoms with Crippen molar-refractivity contribution < 1.29 is 9.53 Å². The molecule has 0 aliphatic rings. The van der Waals surface area contributed by atoms with Gasteiger partial charge in [-0.1, -0.05) is 58.4 Å². The second-order valence-corrected chi connectivity index (χ2v) is 7.43. The molecule has 0 N–H and O–H groups in total. The number of hydrogen-bond acceptors (Lipinski definition) is 3. The van der Waals surface area contributed by atoms with E-state index in [1.54, 1.807) is 11.3 Å². The van der Waals surface area contributed by atoms with Gasteiger partial charge in [-0.25, -0.2) is 4.79 Å². The van der Waals surface area contributed by atoms with Crippen molar-refractivity contribution in [2.45, 2.75) is 0 Å². The number of carbonyl (C=O) groups is 1. The third-order valence-electron chi connectivity index (χ3n) is 4.08. The topological polar surface area (TPSA) is 26.3 Å². The maximum atomic E-state index is 12.2. The maximum Gasteiger partial charge on any atom is 0.338 e. The Hall–Kier alpha value is -2.17. The molecule has 118 valence electrons. The van der Waals surface area contributed by atoms with Crippen LogP contribution in [0.5, 0.6) is 0 Å². The van der Waals surface area contributed by atoms with Gasteiger partial charge in [0.15, 0.2) is 0 Å². The third kappa shape index (κ3) is 2.43. The second-order valence-electron chi connectivity index (χ2n) is 5.46. The molecule has 0 atom stereocenters. The summed E-state index contributed by atoms with van der Waals surface area (Å²) in [6.45, 7) is 0. The summed E-state index contributed by atoms with van der Waals surface area (Å²) in [5.41, 5.74) is 2.51. The summed E-state index contributed by atoms with van der Waals surface area (Å²) in [6, 6.07) is 20.4. The predicted octanol–water partition coefficient (Wildman–Crippen LogP) is 6.27. The summed E-state index contributed by atoms with van der Waals surface area (Å²) in [7, 11) is 1.41. The minimum Gasteiger partial charge on any atom is -0.465 e. The Bertz CT molecular complexity index is 1080. The van der Waals surface area contributed by atoms with Gasteiger partial charge in [0.25, 0.3) is 0 Å². The van der Waals surface area contributed by atoms with E-state index in [0.29, 0.717) is 5.56 Å². The van der Waals surface area contributed by atoms with Crippen molar-refractivity contribution in [3.8, 4) is 11.1 Å². The van der Waals surface area contributed by atoms with Crippen LogP contribution in [0.15, 0.2) is 65.1 Å². The largest absolute Gasteiger partial charge is 0.465 e. The zero-order valence-electron chi connectivity index (χ0n) is 12.9. The van der Waals surface area contributed by atoms with Crippen LogP contribution in [0.3, 0.4) is 0 Å². The van der Waals surface area contributed by atoms with Crippen LogP contribution >= 0.6 is 27.3 Å². The van der Waals surface area contributed by atoms with E-state index in [4.69, 9.17) is 4.74 Å². The van der Waals surface area contributed by atoms with Gasteiger partial charge >= 0.3 is 5.97 Å². The first-order valence-electron chi connectivity index (χ1n) is 7.47. The fourth-order valence-electron chi connectivity index (χ4n) is 2.99. The van der Waals surface area contributed by atoms with Gasteiger partial charge in [-0.3, -0.25) is 0 Å². The van der Waals surface area contributed by atoms with Gasteiger partial charge in [-0.15, -0.1) is 11.3 Å². The van der Waals surface area contributed by atoms with E-state index in [1.807, 2.05) is 24.3 Å². The Morgan fingerprint density at radius 1 is 0.958 bits per heavy atom. The van der Waals surface area contributed by atoms with Crippen molar-refractivity contribution >= 4 is 53.4 Å². The van der Waals surface area contributed by atoms with Crippen molar-refractivity contribution in [3.05, 3.63) is 70.7 Å². The Kier molecular flexibility index (Phi) is 3.87. The Labute approximate surface area is 151 Å². The maximum absolute atomic E-state index is 12.2. The lowest BCUT2D eigenvalue weighted by Gasteiger charge is -2.10. The smallest absolute Gasteiger partial charge is 0.338 e. The van der Waals surface area contributed by atoms with Crippen LogP contribution in [-0.4, -0.2) is 13.1 Å². The summed E-state index contributed by atoms with van der Waals surface area (Å²) < 4.78 is 8.26. The lowest BCUT2D eigenvalue weighted by Crippen LogP contribution is -2.03. The molecule has 0 saturated heterocycles. The van der Waals surface area contributed by atoms with Crippen LogP contribution in [0.4, 0.5) is 0 Å². The molecule has 0 spiro atoms. The molecule has 4 rings (SSSR count). The van der Waals surface area contributed by atoms with Gasteiger partial charge in [0, 0.05) is 30.2 Å². The van der Waals surface area contributed by atoms with Gasteiger partial charge in [0.1, 0.15) is 0 Å². The van der Waals surface area contributed by atoms with Crippen molar-refractivity contribution in [1.29, 1.82) is 0 Å². The lowest BCUT2D eigenvalue weighted by molar-refractivity contribution is 0.0601. The number of fused-ring (bicyclic) bond motifs is 3. The van der Waals surface area contributed by atoms with E-state index in [-0.39, 0.29) is 5.97 Å². The summed E-state index contributed by atoms with van der Waals surface area (Å²) in [5, 5.41) is 2.46. The minimum atomic E-state index is -0.329. The van der Waals surface area contributed by atoms with E-state index in [0.717, 1.165) is 15.6 Å². The van der Waals surface area contributed by atoms with E-state index >= 15 is 0 Å². The molecule has 0 saturated carbocycles. The average Bonchev–Trinajstić information content (AvgIpc) is 3.00. The van der Waals surface area contributed by atoms with Gasteiger partial charge in [-0.2, -0.15) is 0 Å². The van der Waals surface area contributed by atoms with Crippen molar-refractivity contribution in [1.82, 2.24) is 0 Å². The zero-order chi connectivity index (χ0) is 16.7. The number of carbonyl (C=O) groups excluding carboxylic acids is 1. The molecule has 1 aromatic heterocycles. The van der Waals surface area contributed by atoms with Gasteiger partial charge in [0.2, 0.25) is 0 Å². The van der Waals surface area contributed by atoms with Gasteiger partial charge < -0.3 is 4.74 Å². The lowest BCUT2D eigenvalue weighted by atomic mass is 9.98. The van der Waals surface area contributed by atoms with Crippen molar-refractivity contribution in [2.24, 2.45) is 0 Å². The Morgan fingerprint density at radius 2 is 1.75 bits per heavy atom. The number of esters is 1. The molecule has 0 bridgehead atoms. The van der Waals surface area contributed by atoms with Crippen molar-refractivity contribution in [2.75, 3.05) is 7.11 Å². The van der Waals surface area contributed by atoms with Crippen LogP contribution in [-0.2, 0) is 4.74 Å². The number of benzene rings is 3. The molecular formula is C20H13BrO2S. The van der Waals surface area contributed by atoms with Crippen LogP contribution in [0.1, 0.15) is 10.4 Å². The molecule has 0 aliphatic heterocycles. The fraction of sp³-hybridized carbons (Fsp3) is 0.0500. The van der Waals surface area contributed by atoms with Crippen LogP contribution in [0.25, 0.3) is 31.3 Å². The zero-order valence-corrected chi connectivity index (χ0v) is 15.3. The number of rotatable bonds is 2. The molecule has 24 heavy (non-hydrogen) atoms. The average molecular weight is 397 g/mol. The van der Waals surface area contributed by atoms with Crippen LogP contribution in [0.2, 0.25) is 0 Å². The first kappa shape index (κ1) is 15.4. The highest BCUT2D eigenvalue weighted by atomic mass is 79.9. The molecule has 4 heteroatoms. The van der Waals surface area contributed by atoms with E-state index in [1.165, 1.54) is 27.3 Å². The molecule has 0 amide bonds. The van der Waals surface area contributed by atoms with Gasteiger partial charge in [-0.05, 0) is 23.8 Å². The Balaban J connectivity index is 2.06. The molecule has 0 unspecified atom stereocenters. The SMILES string of the molecule is COC(=O)c1cc(Br)ccc1-c1cccc2c1sc1ccccc12. The predicted molar refractivity (Wildman–Crippen MR) is 104 cm³/mol. The minimum absolute atomic E-state index is 0.329. The van der Waals surface area contributed by atoms with Crippen LogP contribution < -0.4 is 0 Å². The molecule has 4 aromatic rings. The number of halogens is 1. The molecule has 0 radical (unpaired) electrons.